The Hall–Kier alpha value is -0.570. The molecule has 0 spiro atoms. The normalized spacial score (nSPS) is 34.7. The summed E-state index contributed by atoms with van der Waals surface area (Å²) in [6.07, 6.45) is 5.69. The molecule has 3 nitrogen and oxygen atoms in total. The molecular weight excluding hydrogens is 212 g/mol. The zero-order valence-electron chi connectivity index (χ0n) is 11.2. The largest absolute Gasteiger partial charge is 0.342 e. The second-order valence-corrected chi connectivity index (χ2v) is 6.10. The van der Waals surface area contributed by atoms with Gasteiger partial charge in [-0.3, -0.25) is 4.79 Å². The van der Waals surface area contributed by atoms with Crippen LogP contribution in [0.15, 0.2) is 0 Å². The van der Waals surface area contributed by atoms with E-state index in [-0.39, 0.29) is 0 Å². The van der Waals surface area contributed by atoms with Crippen LogP contribution in [0.2, 0.25) is 0 Å². The van der Waals surface area contributed by atoms with Crippen molar-refractivity contribution in [2.24, 2.45) is 11.8 Å². The lowest BCUT2D eigenvalue weighted by molar-refractivity contribution is -0.134. The summed E-state index contributed by atoms with van der Waals surface area (Å²) in [4.78, 5) is 14.3. The van der Waals surface area contributed by atoms with Gasteiger partial charge in [-0.2, -0.15) is 0 Å². The first-order chi connectivity index (χ1) is 8.15. The van der Waals surface area contributed by atoms with Crippen LogP contribution in [-0.2, 0) is 4.79 Å². The van der Waals surface area contributed by atoms with E-state index in [1.54, 1.807) is 0 Å². The van der Waals surface area contributed by atoms with Crippen LogP contribution in [0.5, 0.6) is 0 Å². The first-order valence-electron chi connectivity index (χ1n) is 7.16. The van der Waals surface area contributed by atoms with E-state index in [2.05, 4.69) is 24.1 Å². The number of piperidine rings is 2. The molecule has 1 N–H and O–H groups in total. The fourth-order valence-corrected chi connectivity index (χ4v) is 3.30. The van der Waals surface area contributed by atoms with Crippen molar-refractivity contribution in [3.05, 3.63) is 0 Å². The van der Waals surface area contributed by atoms with Crippen molar-refractivity contribution in [2.45, 2.75) is 52.0 Å². The number of likely N-dealkylation sites (tertiary alicyclic amines) is 1. The predicted octanol–water partition coefficient (Wildman–Crippen LogP) is 2.02. The average molecular weight is 238 g/mol. The topological polar surface area (TPSA) is 32.3 Å². The van der Waals surface area contributed by atoms with Gasteiger partial charge in [-0.05, 0) is 37.6 Å². The summed E-state index contributed by atoms with van der Waals surface area (Å²) in [6, 6.07) is 0.434. The third-order valence-electron chi connectivity index (χ3n) is 4.05. The Morgan fingerprint density at radius 2 is 1.94 bits per heavy atom. The van der Waals surface area contributed by atoms with Gasteiger partial charge in [0.25, 0.3) is 0 Å². The molecule has 3 atom stereocenters. The quantitative estimate of drug-likeness (QED) is 0.798. The highest BCUT2D eigenvalue weighted by Gasteiger charge is 2.27. The molecule has 2 rings (SSSR count). The van der Waals surface area contributed by atoms with Crippen LogP contribution in [-0.4, -0.2) is 36.5 Å². The third-order valence-corrected chi connectivity index (χ3v) is 4.05. The first kappa shape index (κ1) is 12.9. The molecule has 98 valence electrons. The first-order valence-corrected chi connectivity index (χ1v) is 7.16. The molecule has 0 saturated carbocycles. The smallest absolute Gasteiger partial charge is 0.224 e. The fourth-order valence-electron chi connectivity index (χ4n) is 3.30. The van der Waals surface area contributed by atoms with E-state index in [1.165, 1.54) is 25.7 Å². The highest BCUT2D eigenvalue weighted by atomic mass is 16.2. The highest BCUT2D eigenvalue weighted by Crippen LogP contribution is 2.22. The minimum Gasteiger partial charge on any atom is -0.342 e. The molecule has 2 saturated heterocycles. The van der Waals surface area contributed by atoms with Gasteiger partial charge in [-0.15, -0.1) is 0 Å². The summed E-state index contributed by atoms with van der Waals surface area (Å²) in [7, 11) is 0. The Morgan fingerprint density at radius 3 is 2.53 bits per heavy atom. The van der Waals surface area contributed by atoms with E-state index < -0.39 is 0 Å². The molecular formula is C14H26N2O. The van der Waals surface area contributed by atoms with E-state index >= 15 is 0 Å². The van der Waals surface area contributed by atoms with Crippen molar-refractivity contribution >= 4 is 5.91 Å². The zero-order chi connectivity index (χ0) is 12.3. The lowest BCUT2D eigenvalue weighted by Gasteiger charge is -2.36. The molecule has 1 amide bonds. The molecule has 3 heteroatoms. The van der Waals surface area contributed by atoms with Gasteiger partial charge in [0.05, 0.1) is 0 Å². The molecule has 2 aliphatic heterocycles. The maximum absolute atomic E-state index is 12.2. The molecule has 2 fully saturated rings. The van der Waals surface area contributed by atoms with Crippen LogP contribution in [0.3, 0.4) is 0 Å². The maximum atomic E-state index is 12.2. The summed E-state index contributed by atoms with van der Waals surface area (Å²) in [5, 5.41) is 3.46. The molecule has 0 aliphatic carbocycles. The minimum absolute atomic E-state index is 0.364. The number of amides is 1. The Kier molecular flexibility index (Phi) is 4.43. The van der Waals surface area contributed by atoms with Crippen molar-refractivity contribution in [3.8, 4) is 0 Å². The number of carbonyl (C=O) groups is 1. The van der Waals surface area contributed by atoms with E-state index in [4.69, 9.17) is 0 Å². The Balaban J connectivity index is 1.81. The van der Waals surface area contributed by atoms with E-state index in [1.807, 2.05) is 0 Å². The fraction of sp³-hybridized carbons (Fsp3) is 0.929. The maximum Gasteiger partial charge on any atom is 0.224 e. The second kappa shape index (κ2) is 5.85. The highest BCUT2D eigenvalue weighted by molar-refractivity contribution is 5.77. The van der Waals surface area contributed by atoms with E-state index in [0.29, 0.717) is 30.2 Å². The van der Waals surface area contributed by atoms with Crippen LogP contribution in [0.25, 0.3) is 0 Å². The lowest BCUT2D eigenvalue weighted by Crippen LogP contribution is -2.45. The van der Waals surface area contributed by atoms with Gasteiger partial charge in [-0.25, -0.2) is 0 Å². The number of hydrogen-bond donors (Lipinski definition) is 1. The SMILES string of the molecule is CC1CC(C)CN(C(=O)CC2CCCCN2)C1. The second-order valence-electron chi connectivity index (χ2n) is 6.10. The molecule has 0 aromatic rings. The average Bonchev–Trinajstić information content (AvgIpc) is 2.29. The van der Waals surface area contributed by atoms with Gasteiger partial charge >= 0.3 is 0 Å². The minimum atomic E-state index is 0.364. The third kappa shape index (κ3) is 3.70. The summed E-state index contributed by atoms with van der Waals surface area (Å²) in [6.45, 7) is 7.54. The van der Waals surface area contributed by atoms with Gasteiger partial charge in [0, 0.05) is 25.6 Å². The van der Waals surface area contributed by atoms with Crippen molar-refractivity contribution in [1.82, 2.24) is 10.2 Å². The van der Waals surface area contributed by atoms with Crippen molar-refractivity contribution < 1.29 is 4.79 Å². The standard InChI is InChI=1S/C14H26N2O/c1-11-7-12(2)10-16(9-11)14(17)8-13-5-3-4-6-15-13/h11-13,15H,3-10H2,1-2H3. The van der Waals surface area contributed by atoms with Gasteiger partial charge in [0.1, 0.15) is 0 Å². The molecule has 0 bridgehead atoms. The van der Waals surface area contributed by atoms with Gasteiger partial charge < -0.3 is 10.2 Å². The monoisotopic (exact) mass is 238 g/mol. The summed E-state index contributed by atoms with van der Waals surface area (Å²) in [5.41, 5.74) is 0. The van der Waals surface area contributed by atoms with Crippen LogP contribution >= 0.6 is 0 Å². The van der Waals surface area contributed by atoms with Crippen LogP contribution in [0.4, 0.5) is 0 Å². The molecule has 0 radical (unpaired) electrons. The molecule has 2 aliphatic rings. The number of nitrogens with one attached hydrogen (secondary N) is 1. The number of rotatable bonds is 2. The lowest BCUT2D eigenvalue weighted by atomic mass is 9.91. The molecule has 0 aromatic carbocycles. The van der Waals surface area contributed by atoms with Gasteiger partial charge in [0.2, 0.25) is 5.91 Å². The molecule has 3 unspecified atom stereocenters. The molecule has 0 aromatic heterocycles. The van der Waals surface area contributed by atoms with Crippen molar-refractivity contribution in [1.29, 1.82) is 0 Å². The van der Waals surface area contributed by atoms with Gasteiger partial charge in [-0.1, -0.05) is 20.3 Å². The molecule has 17 heavy (non-hydrogen) atoms. The van der Waals surface area contributed by atoms with Crippen LogP contribution < -0.4 is 5.32 Å². The Bertz CT molecular complexity index is 251. The Morgan fingerprint density at radius 1 is 1.24 bits per heavy atom. The predicted molar refractivity (Wildman–Crippen MR) is 69.8 cm³/mol. The van der Waals surface area contributed by atoms with Crippen molar-refractivity contribution in [2.75, 3.05) is 19.6 Å². The van der Waals surface area contributed by atoms with E-state index in [0.717, 1.165) is 19.6 Å². The van der Waals surface area contributed by atoms with Crippen LogP contribution in [0, 0.1) is 11.8 Å². The number of hydrogen-bond acceptors (Lipinski definition) is 2. The number of carbonyl (C=O) groups excluding carboxylic acids is 1. The Labute approximate surface area is 105 Å². The van der Waals surface area contributed by atoms with Crippen LogP contribution in [0.1, 0.15) is 46.0 Å². The van der Waals surface area contributed by atoms with Crippen molar-refractivity contribution in [3.63, 3.8) is 0 Å². The van der Waals surface area contributed by atoms with E-state index in [9.17, 15) is 4.79 Å². The summed E-state index contributed by atoms with van der Waals surface area (Å²) >= 11 is 0. The summed E-state index contributed by atoms with van der Waals surface area (Å²) < 4.78 is 0. The number of nitrogens with zero attached hydrogens (tertiary/aromatic N) is 1. The molecule has 2 heterocycles. The summed E-state index contributed by atoms with van der Waals surface area (Å²) in [5.74, 6) is 1.70. The zero-order valence-corrected chi connectivity index (χ0v) is 11.2. The van der Waals surface area contributed by atoms with Gasteiger partial charge in [0.15, 0.2) is 0 Å².